The van der Waals surface area contributed by atoms with Crippen LogP contribution >= 0.6 is 11.3 Å². The van der Waals surface area contributed by atoms with Gasteiger partial charge in [0.15, 0.2) is 4.96 Å². The van der Waals surface area contributed by atoms with Crippen molar-refractivity contribution in [2.45, 2.75) is 26.3 Å². The van der Waals surface area contributed by atoms with E-state index in [2.05, 4.69) is 10.3 Å². The van der Waals surface area contributed by atoms with E-state index in [9.17, 15) is 9.59 Å². The normalized spacial score (nSPS) is 11.8. The Labute approximate surface area is 113 Å². The number of rotatable bonds is 3. The summed E-state index contributed by atoms with van der Waals surface area (Å²) < 4.78 is 1.41. The van der Waals surface area contributed by atoms with Crippen molar-refractivity contribution in [3.63, 3.8) is 0 Å². The van der Waals surface area contributed by atoms with Crippen molar-refractivity contribution < 1.29 is 9.90 Å². The molecule has 19 heavy (non-hydrogen) atoms. The van der Waals surface area contributed by atoms with Gasteiger partial charge in [0, 0.05) is 17.3 Å². The number of aliphatic hydroxyl groups is 1. The molecule has 0 aromatic carbocycles. The van der Waals surface area contributed by atoms with Crippen LogP contribution in [0.1, 0.15) is 29.9 Å². The molecule has 1 amide bonds. The van der Waals surface area contributed by atoms with Gasteiger partial charge < -0.3 is 10.4 Å². The lowest BCUT2D eigenvalue weighted by Crippen LogP contribution is -2.47. The Morgan fingerprint density at radius 1 is 1.58 bits per heavy atom. The first kappa shape index (κ1) is 13.7. The summed E-state index contributed by atoms with van der Waals surface area (Å²) in [5.41, 5.74) is -0.462. The molecule has 102 valence electrons. The fraction of sp³-hybridized carbons (Fsp3) is 0.417. The van der Waals surface area contributed by atoms with Crippen molar-refractivity contribution in [3.05, 3.63) is 33.2 Å². The van der Waals surface area contributed by atoms with Crippen LogP contribution < -0.4 is 10.9 Å². The smallest absolute Gasteiger partial charge is 0.271 e. The Kier molecular flexibility index (Phi) is 3.42. The molecule has 0 unspecified atom stereocenters. The number of nitrogens with zero attached hydrogens (tertiary/aromatic N) is 2. The summed E-state index contributed by atoms with van der Waals surface area (Å²) in [5, 5.41) is 13.5. The maximum atomic E-state index is 12.2. The number of carbonyl (C=O) groups is 1. The minimum Gasteiger partial charge on any atom is -0.394 e. The van der Waals surface area contributed by atoms with Gasteiger partial charge in [-0.2, -0.15) is 0 Å². The van der Waals surface area contributed by atoms with Gasteiger partial charge in [0.1, 0.15) is 5.56 Å². The first-order chi connectivity index (χ1) is 8.85. The highest BCUT2D eigenvalue weighted by molar-refractivity contribution is 7.15. The highest BCUT2D eigenvalue weighted by atomic mass is 32.1. The van der Waals surface area contributed by atoms with E-state index >= 15 is 0 Å². The lowest BCUT2D eigenvalue weighted by Gasteiger charge is -2.23. The van der Waals surface area contributed by atoms with Gasteiger partial charge in [-0.25, -0.2) is 4.98 Å². The highest BCUT2D eigenvalue weighted by Crippen LogP contribution is 2.11. The number of carbonyl (C=O) groups excluding carboxylic acids is 1. The van der Waals surface area contributed by atoms with E-state index in [4.69, 9.17) is 5.11 Å². The third-order valence-corrected chi connectivity index (χ3v) is 3.67. The molecule has 2 rings (SSSR count). The third kappa shape index (κ3) is 2.52. The molecule has 2 aromatic heterocycles. The maximum absolute atomic E-state index is 12.2. The Balaban J connectivity index is 2.46. The Bertz CT molecular complexity index is 687. The molecular formula is C12H15N3O3S. The number of nitrogens with one attached hydrogen (secondary N) is 1. The van der Waals surface area contributed by atoms with Crippen molar-refractivity contribution in [1.29, 1.82) is 0 Å². The van der Waals surface area contributed by atoms with Gasteiger partial charge >= 0.3 is 0 Å². The van der Waals surface area contributed by atoms with E-state index < -0.39 is 17.0 Å². The van der Waals surface area contributed by atoms with Gasteiger partial charge in [-0.15, -0.1) is 11.3 Å². The Morgan fingerprint density at radius 3 is 2.89 bits per heavy atom. The van der Waals surface area contributed by atoms with Crippen LogP contribution in [0.15, 0.2) is 16.4 Å². The molecule has 0 bridgehead atoms. The summed E-state index contributed by atoms with van der Waals surface area (Å²) in [6.07, 6.45) is 1.27. The number of fused-ring (bicyclic) bond motifs is 1. The van der Waals surface area contributed by atoms with Crippen LogP contribution in [0.4, 0.5) is 0 Å². The minimum absolute atomic E-state index is 0.0273. The molecule has 0 saturated carbocycles. The van der Waals surface area contributed by atoms with Crippen molar-refractivity contribution in [1.82, 2.24) is 14.7 Å². The lowest BCUT2D eigenvalue weighted by atomic mass is 10.1. The maximum Gasteiger partial charge on any atom is 0.271 e. The van der Waals surface area contributed by atoms with Gasteiger partial charge in [-0.1, -0.05) is 0 Å². The second kappa shape index (κ2) is 4.75. The number of thiazole rings is 1. The minimum atomic E-state index is -0.785. The average molecular weight is 281 g/mol. The van der Waals surface area contributed by atoms with Gasteiger partial charge in [-0.05, 0) is 20.8 Å². The van der Waals surface area contributed by atoms with Crippen LogP contribution in [0, 0.1) is 6.92 Å². The molecule has 0 fully saturated rings. The lowest BCUT2D eigenvalue weighted by molar-refractivity contribution is 0.0867. The number of aryl methyl sites for hydroxylation is 1. The van der Waals surface area contributed by atoms with Crippen LogP contribution in [-0.2, 0) is 0 Å². The molecule has 0 aliphatic heterocycles. The number of hydrogen-bond donors (Lipinski definition) is 2. The summed E-state index contributed by atoms with van der Waals surface area (Å²) in [5.74, 6) is -0.531. The molecule has 0 atom stereocenters. The molecule has 6 nitrogen and oxygen atoms in total. The molecule has 2 aromatic rings. The van der Waals surface area contributed by atoms with Crippen molar-refractivity contribution in [2.75, 3.05) is 6.61 Å². The number of hydrogen-bond acceptors (Lipinski definition) is 5. The van der Waals surface area contributed by atoms with E-state index in [1.165, 1.54) is 21.9 Å². The Hall–Kier alpha value is -1.73. The molecule has 0 spiro atoms. The van der Waals surface area contributed by atoms with Gasteiger partial charge in [0.2, 0.25) is 0 Å². The first-order valence-electron chi connectivity index (χ1n) is 5.75. The van der Waals surface area contributed by atoms with Crippen LogP contribution in [0.2, 0.25) is 0 Å². The SMILES string of the molecule is Cc1csc2ncc(C(=O)NC(C)(C)CO)c(=O)n12. The molecule has 0 aliphatic rings. The van der Waals surface area contributed by atoms with E-state index in [1.54, 1.807) is 20.8 Å². The fourth-order valence-electron chi connectivity index (χ4n) is 1.59. The van der Waals surface area contributed by atoms with Crippen LogP contribution in [-0.4, -0.2) is 32.5 Å². The average Bonchev–Trinajstić information content (AvgIpc) is 2.71. The summed E-state index contributed by atoms with van der Waals surface area (Å²) in [7, 11) is 0. The Morgan fingerprint density at radius 2 is 2.26 bits per heavy atom. The topological polar surface area (TPSA) is 83.7 Å². The second-order valence-corrected chi connectivity index (χ2v) is 5.80. The monoisotopic (exact) mass is 281 g/mol. The van der Waals surface area contributed by atoms with E-state index in [0.717, 1.165) is 5.69 Å². The third-order valence-electron chi connectivity index (χ3n) is 2.71. The van der Waals surface area contributed by atoms with Crippen LogP contribution in [0.25, 0.3) is 4.96 Å². The summed E-state index contributed by atoms with van der Waals surface area (Å²) >= 11 is 1.35. The van der Waals surface area contributed by atoms with Gasteiger partial charge in [0.25, 0.3) is 11.5 Å². The first-order valence-corrected chi connectivity index (χ1v) is 6.63. The molecule has 2 heterocycles. The standard InChI is InChI=1S/C12H15N3O3S/c1-7-5-19-11-13-4-8(10(18)15(7)11)9(17)14-12(2,3)6-16/h4-5,16H,6H2,1-3H3,(H,14,17). The van der Waals surface area contributed by atoms with Crippen molar-refractivity contribution >= 4 is 22.2 Å². The number of aromatic nitrogens is 2. The van der Waals surface area contributed by atoms with Crippen LogP contribution in [0.5, 0.6) is 0 Å². The van der Waals surface area contributed by atoms with Crippen LogP contribution in [0.3, 0.4) is 0 Å². The second-order valence-electron chi connectivity index (χ2n) is 4.97. The van der Waals surface area contributed by atoms with Crippen molar-refractivity contribution in [3.8, 4) is 0 Å². The molecule has 7 heteroatoms. The molecular weight excluding hydrogens is 266 g/mol. The van der Waals surface area contributed by atoms with E-state index in [1.807, 2.05) is 5.38 Å². The molecule has 2 N–H and O–H groups in total. The van der Waals surface area contributed by atoms with Crippen molar-refractivity contribution in [2.24, 2.45) is 0 Å². The zero-order valence-corrected chi connectivity index (χ0v) is 11.7. The van der Waals surface area contributed by atoms with Gasteiger partial charge in [-0.3, -0.25) is 14.0 Å². The predicted octanol–water partition coefficient (Wildman–Crippen LogP) is 0.565. The summed E-state index contributed by atoms with van der Waals surface area (Å²) in [6.45, 7) is 4.91. The zero-order chi connectivity index (χ0) is 14.2. The zero-order valence-electron chi connectivity index (χ0n) is 10.9. The number of amides is 1. The van der Waals surface area contributed by atoms with Gasteiger partial charge in [0.05, 0.1) is 12.1 Å². The summed E-state index contributed by atoms with van der Waals surface area (Å²) in [4.78, 5) is 28.9. The molecule has 0 saturated heterocycles. The molecule has 0 radical (unpaired) electrons. The number of aliphatic hydroxyl groups excluding tert-OH is 1. The predicted molar refractivity (Wildman–Crippen MR) is 72.7 cm³/mol. The largest absolute Gasteiger partial charge is 0.394 e. The molecule has 0 aliphatic carbocycles. The quantitative estimate of drug-likeness (QED) is 0.861. The van der Waals surface area contributed by atoms with E-state index in [0.29, 0.717) is 4.96 Å². The van der Waals surface area contributed by atoms with E-state index in [-0.39, 0.29) is 12.2 Å². The summed E-state index contributed by atoms with van der Waals surface area (Å²) in [6, 6.07) is 0. The fourth-order valence-corrected chi connectivity index (χ4v) is 2.42. The highest BCUT2D eigenvalue weighted by Gasteiger charge is 2.23.